The molecule has 0 spiro atoms. The van der Waals surface area contributed by atoms with E-state index in [4.69, 9.17) is 25.8 Å². The second-order valence-corrected chi connectivity index (χ2v) is 8.07. The van der Waals surface area contributed by atoms with Crippen molar-refractivity contribution in [3.8, 4) is 17.2 Å². The molecule has 1 atom stereocenters. The van der Waals surface area contributed by atoms with Crippen molar-refractivity contribution in [2.24, 2.45) is 0 Å². The van der Waals surface area contributed by atoms with Crippen molar-refractivity contribution in [2.45, 2.75) is 5.92 Å². The minimum absolute atomic E-state index is 0.150. The number of H-pyrrole nitrogens is 1. The monoisotopic (exact) mass is 479 g/mol. The summed E-state index contributed by atoms with van der Waals surface area (Å²) in [6.45, 7) is 0.339. The van der Waals surface area contributed by atoms with Crippen LogP contribution in [-0.4, -0.2) is 38.9 Å². The lowest BCUT2D eigenvalue weighted by Gasteiger charge is -2.20. The number of hydrogen-bond acceptors (Lipinski definition) is 4. The van der Waals surface area contributed by atoms with Gasteiger partial charge in [0, 0.05) is 34.6 Å². The van der Waals surface area contributed by atoms with Gasteiger partial charge in [-0.3, -0.25) is 0 Å². The molecule has 0 radical (unpaired) electrons. The first-order chi connectivity index (χ1) is 16.5. The Morgan fingerprint density at radius 3 is 2.44 bits per heavy atom. The van der Waals surface area contributed by atoms with Gasteiger partial charge in [0.2, 0.25) is 0 Å². The number of nitrogens with one attached hydrogen (secondary N) is 3. The molecule has 8 heteroatoms. The lowest BCUT2D eigenvalue weighted by molar-refractivity contribution is 0.251. The number of ether oxygens (including phenoxy) is 3. The summed E-state index contributed by atoms with van der Waals surface area (Å²) < 4.78 is 16.2. The quantitative estimate of drug-likeness (QED) is 0.298. The first kappa shape index (κ1) is 23.3. The van der Waals surface area contributed by atoms with Crippen molar-refractivity contribution in [1.82, 2.24) is 10.3 Å². The standard InChI is InChI=1S/C26H26ClN3O4/c1-32-23-11-9-17(27)13-22(23)30-26(31)29-14-19(16-8-10-24(33-2)25(12-16)34-3)20-15-28-21-7-5-4-6-18(20)21/h4-13,15,19,28H,14H2,1-3H3,(H2,29,30,31). The number of methoxy groups -OCH3 is 3. The Balaban J connectivity index is 1.63. The molecule has 7 nitrogen and oxygen atoms in total. The summed E-state index contributed by atoms with van der Waals surface area (Å²) in [7, 11) is 4.74. The fourth-order valence-electron chi connectivity index (χ4n) is 4.00. The maximum atomic E-state index is 12.8. The van der Waals surface area contributed by atoms with Gasteiger partial charge in [0.05, 0.1) is 27.0 Å². The summed E-state index contributed by atoms with van der Waals surface area (Å²) in [5.74, 6) is 1.64. The Labute approximate surface area is 203 Å². The van der Waals surface area contributed by atoms with Gasteiger partial charge in [-0.25, -0.2) is 4.79 Å². The summed E-state index contributed by atoms with van der Waals surface area (Å²) >= 11 is 6.09. The summed E-state index contributed by atoms with van der Waals surface area (Å²) in [5.41, 5.74) is 3.55. The lowest BCUT2D eigenvalue weighted by atomic mass is 9.90. The molecule has 0 aliphatic rings. The highest BCUT2D eigenvalue weighted by molar-refractivity contribution is 6.31. The minimum atomic E-state index is -0.370. The normalized spacial score (nSPS) is 11.6. The van der Waals surface area contributed by atoms with Gasteiger partial charge in [-0.05, 0) is 47.5 Å². The van der Waals surface area contributed by atoms with E-state index in [0.29, 0.717) is 34.5 Å². The zero-order valence-electron chi connectivity index (χ0n) is 19.1. The van der Waals surface area contributed by atoms with Gasteiger partial charge in [0.1, 0.15) is 5.75 Å². The number of carbonyl (C=O) groups is 1. The van der Waals surface area contributed by atoms with Crippen LogP contribution in [0.5, 0.6) is 17.2 Å². The van der Waals surface area contributed by atoms with Crippen molar-refractivity contribution in [1.29, 1.82) is 0 Å². The highest BCUT2D eigenvalue weighted by atomic mass is 35.5. The fraction of sp³-hybridized carbons (Fsp3) is 0.192. The predicted molar refractivity (Wildman–Crippen MR) is 135 cm³/mol. The Hall–Kier alpha value is -3.84. The van der Waals surface area contributed by atoms with Gasteiger partial charge in [0.15, 0.2) is 11.5 Å². The third kappa shape index (κ3) is 4.89. The molecule has 176 valence electrons. The summed E-state index contributed by atoms with van der Waals surface area (Å²) in [6, 6.07) is 18.5. The number of urea groups is 1. The summed E-state index contributed by atoms with van der Waals surface area (Å²) in [5, 5.41) is 7.39. The van der Waals surface area contributed by atoms with E-state index in [1.54, 1.807) is 32.4 Å². The van der Waals surface area contributed by atoms with Crippen LogP contribution in [0.25, 0.3) is 10.9 Å². The van der Waals surface area contributed by atoms with E-state index in [2.05, 4.69) is 21.7 Å². The van der Waals surface area contributed by atoms with Crippen molar-refractivity contribution >= 4 is 34.2 Å². The number of amides is 2. The Bertz CT molecular complexity index is 1300. The molecule has 0 saturated heterocycles. The molecule has 4 rings (SSSR count). The maximum absolute atomic E-state index is 12.8. The van der Waals surface area contributed by atoms with E-state index in [1.165, 1.54) is 7.11 Å². The largest absolute Gasteiger partial charge is 0.495 e. The minimum Gasteiger partial charge on any atom is -0.495 e. The second-order valence-electron chi connectivity index (χ2n) is 7.64. The van der Waals surface area contributed by atoms with Crippen LogP contribution in [0.15, 0.2) is 66.9 Å². The Morgan fingerprint density at radius 2 is 1.68 bits per heavy atom. The van der Waals surface area contributed by atoms with Crippen LogP contribution in [-0.2, 0) is 0 Å². The van der Waals surface area contributed by atoms with Gasteiger partial charge in [-0.15, -0.1) is 0 Å². The molecule has 1 heterocycles. The van der Waals surface area contributed by atoms with E-state index >= 15 is 0 Å². The highest BCUT2D eigenvalue weighted by Gasteiger charge is 2.21. The first-order valence-electron chi connectivity index (χ1n) is 10.7. The molecule has 0 saturated carbocycles. The summed E-state index contributed by atoms with van der Waals surface area (Å²) in [4.78, 5) is 16.1. The van der Waals surface area contributed by atoms with E-state index in [1.807, 2.05) is 42.6 Å². The lowest BCUT2D eigenvalue weighted by Crippen LogP contribution is -2.32. The number of fused-ring (bicyclic) bond motifs is 1. The number of aromatic nitrogens is 1. The van der Waals surface area contributed by atoms with Crippen LogP contribution in [0, 0.1) is 0 Å². The van der Waals surface area contributed by atoms with Crippen molar-refractivity contribution in [2.75, 3.05) is 33.2 Å². The SMILES string of the molecule is COc1ccc(Cl)cc1NC(=O)NCC(c1ccc(OC)c(OC)c1)c1c[nH]c2ccccc12. The molecule has 3 N–H and O–H groups in total. The number of carbonyl (C=O) groups excluding carboxylic acids is 1. The van der Waals surface area contributed by atoms with Crippen LogP contribution in [0.2, 0.25) is 5.02 Å². The Kier molecular flexibility index (Phi) is 7.13. The topological polar surface area (TPSA) is 84.6 Å². The van der Waals surface area contributed by atoms with E-state index < -0.39 is 0 Å². The van der Waals surface area contributed by atoms with Gasteiger partial charge < -0.3 is 29.8 Å². The van der Waals surface area contributed by atoms with Crippen LogP contribution < -0.4 is 24.8 Å². The molecule has 3 aromatic carbocycles. The van der Waals surface area contributed by atoms with Crippen molar-refractivity contribution < 1.29 is 19.0 Å². The number of benzene rings is 3. The van der Waals surface area contributed by atoms with Crippen LogP contribution in [0.3, 0.4) is 0 Å². The number of halogens is 1. The number of aromatic amines is 1. The van der Waals surface area contributed by atoms with Crippen molar-refractivity contribution in [3.63, 3.8) is 0 Å². The second kappa shape index (κ2) is 10.4. The Morgan fingerprint density at radius 1 is 0.941 bits per heavy atom. The number of rotatable bonds is 8. The van der Waals surface area contributed by atoms with E-state index in [0.717, 1.165) is 22.0 Å². The zero-order valence-corrected chi connectivity index (χ0v) is 19.9. The highest BCUT2D eigenvalue weighted by Crippen LogP contribution is 2.36. The molecule has 1 aromatic heterocycles. The molecule has 0 aliphatic heterocycles. The summed E-state index contributed by atoms with van der Waals surface area (Å²) in [6.07, 6.45) is 1.98. The average molecular weight is 480 g/mol. The van der Waals surface area contributed by atoms with Gasteiger partial charge in [-0.2, -0.15) is 0 Å². The smallest absolute Gasteiger partial charge is 0.319 e. The molecule has 2 amide bonds. The molecule has 0 aliphatic carbocycles. The first-order valence-corrected chi connectivity index (χ1v) is 11.1. The molecule has 4 aromatic rings. The number of hydrogen-bond donors (Lipinski definition) is 3. The molecular weight excluding hydrogens is 454 g/mol. The molecule has 34 heavy (non-hydrogen) atoms. The third-order valence-corrected chi connectivity index (χ3v) is 5.92. The van der Waals surface area contributed by atoms with Crippen LogP contribution >= 0.6 is 11.6 Å². The average Bonchev–Trinajstić information content (AvgIpc) is 3.28. The van der Waals surface area contributed by atoms with E-state index in [-0.39, 0.29) is 11.9 Å². The van der Waals surface area contributed by atoms with Crippen molar-refractivity contribution in [3.05, 3.63) is 83.0 Å². The van der Waals surface area contributed by atoms with Crippen LogP contribution in [0.4, 0.5) is 10.5 Å². The van der Waals surface area contributed by atoms with Gasteiger partial charge >= 0.3 is 6.03 Å². The maximum Gasteiger partial charge on any atom is 0.319 e. The number of para-hydroxylation sites is 1. The van der Waals surface area contributed by atoms with Gasteiger partial charge in [0.25, 0.3) is 0 Å². The van der Waals surface area contributed by atoms with Gasteiger partial charge in [-0.1, -0.05) is 35.9 Å². The molecule has 0 bridgehead atoms. The fourth-order valence-corrected chi connectivity index (χ4v) is 4.17. The van der Waals surface area contributed by atoms with Crippen LogP contribution in [0.1, 0.15) is 17.0 Å². The molecule has 0 fully saturated rings. The molecular formula is C26H26ClN3O4. The predicted octanol–water partition coefficient (Wildman–Crippen LogP) is 5.80. The molecule has 1 unspecified atom stereocenters. The zero-order chi connectivity index (χ0) is 24.1. The van der Waals surface area contributed by atoms with E-state index in [9.17, 15) is 4.79 Å². The third-order valence-electron chi connectivity index (χ3n) is 5.68. The number of anilines is 1.